The third kappa shape index (κ3) is 4.41. The number of para-hydroxylation sites is 1. The summed E-state index contributed by atoms with van der Waals surface area (Å²) in [6.07, 6.45) is 4.43. The first kappa shape index (κ1) is 14.8. The van der Waals surface area contributed by atoms with Crippen LogP contribution in [0.5, 0.6) is 0 Å². The summed E-state index contributed by atoms with van der Waals surface area (Å²) in [5.74, 6) is 0. The quantitative estimate of drug-likeness (QED) is 0.754. The van der Waals surface area contributed by atoms with Gasteiger partial charge in [-0.1, -0.05) is 30.3 Å². The third-order valence-corrected chi connectivity index (χ3v) is 3.40. The fourth-order valence-corrected chi connectivity index (χ4v) is 2.26. The summed E-state index contributed by atoms with van der Waals surface area (Å²) in [5, 5.41) is 5.61. The van der Waals surface area contributed by atoms with Crippen molar-refractivity contribution in [1.82, 2.24) is 4.98 Å². The van der Waals surface area contributed by atoms with Gasteiger partial charge in [-0.15, -0.1) is 0 Å². The molecule has 0 saturated heterocycles. The van der Waals surface area contributed by atoms with E-state index in [2.05, 4.69) is 15.6 Å². The smallest absolute Gasteiger partial charge is 0.308 e. The van der Waals surface area contributed by atoms with E-state index >= 15 is 0 Å². The second-order valence-corrected chi connectivity index (χ2v) is 5.17. The summed E-state index contributed by atoms with van der Waals surface area (Å²) in [5.41, 5.74) is 3.92. The zero-order valence-electron chi connectivity index (χ0n) is 12.6. The Bertz CT molecular complexity index is 756. The average molecular weight is 303 g/mol. The van der Waals surface area contributed by atoms with E-state index in [9.17, 15) is 4.79 Å². The number of aromatic nitrogens is 1. The predicted octanol–water partition coefficient (Wildman–Crippen LogP) is 4.32. The van der Waals surface area contributed by atoms with Gasteiger partial charge < -0.3 is 10.6 Å². The van der Waals surface area contributed by atoms with E-state index in [1.165, 1.54) is 11.1 Å². The fraction of sp³-hybridized carbons (Fsp3) is 0.0526. The van der Waals surface area contributed by atoms with E-state index in [0.29, 0.717) is 0 Å². The third-order valence-electron chi connectivity index (χ3n) is 3.40. The minimum atomic E-state index is -0.252. The van der Waals surface area contributed by atoms with E-state index in [1.54, 1.807) is 12.4 Å². The zero-order valence-corrected chi connectivity index (χ0v) is 12.6. The Kier molecular flexibility index (Phi) is 4.64. The number of hydrogen-bond acceptors (Lipinski definition) is 2. The molecule has 3 aromatic rings. The molecule has 2 aromatic carbocycles. The SMILES string of the molecule is O=C(Nc1ccccc1)Nc1ccc(Cc2ccncc2)cc1. The molecule has 2 N–H and O–H groups in total. The Balaban J connectivity index is 1.58. The number of urea groups is 1. The van der Waals surface area contributed by atoms with Gasteiger partial charge in [0.2, 0.25) is 0 Å². The molecule has 23 heavy (non-hydrogen) atoms. The maximum Gasteiger partial charge on any atom is 0.323 e. The van der Waals surface area contributed by atoms with Gasteiger partial charge in [0.25, 0.3) is 0 Å². The zero-order chi connectivity index (χ0) is 15.9. The molecule has 1 aromatic heterocycles. The van der Waals surface area contributed by atoms with Crippen LogP contribution in [0.4, 0.5) is 16.2 Å². The van der Waals surface area contributed by atoms with Crippen molar-refractivity contribution in [2.24, 2.45) is 0 Å². The standard InChI is InChI=1S/C19H17N3O/c23-19(21-17-4-2-1-3-5-17)22-18-8-6-15(7-9-18)14-16-10-12-20-13-11-16/h1-13H,14H2,(H2,21,22,23). The van der Waals surface area contributed by atoms with Gasteiger partial charge in [-0.3, -0.25) is 4.98 Å². The molecule has 0 saturated carbocycles. The molecule has 4 nitrogen and oxygen atoms in total. The predicted molar refractivity (Wildman–Crippen MR) is 92.6 cm³/mol. The lowest BCUT2D eigenvalue weighted by Crippen LogP contribution is -2.19. The molecular weight excluding hydrogens is 286 g/mol. The van der Waals surface area contributed by atoms with Crippen molar-refractivity contribution >= 4 is 17.4 Å². The molecule has 0 spiro atoms. The number of hydrogen-bond donors (Lipinski definition) is 2. The minimum absolute atomic E-state index is 0.252. The van der Waals surface area contributed by atoms with Crippen LogP contribution in [0.25, 0.3) is 0 Å². The van der Waals surface area contributed by atoms with Crippen LogP contribution < -0.4 is 10.6 Å². The normalized spacial score (nSPS) is 10.1. The minimum Gasteiger partial charge on any atom is -0.308 e. The van der Waals surface area contributed by atoms with Crippen molar-refractivity contribution in [3.8, 4) is 0 Å². The molecule has 114 valence electrons. The van der Waals surface area contributed by atoms with Crippen molar-refractivity contribution in [3.05, 3.63) is 90.3 Å². The van der Waals surface area contributed by atoms with Gasteiger partial charge >= 0.3 is 6.03 Å². The van der Waals surface area contributed by atoms with Crippen LogP contribution in [0.1, 0.15) is 11.1 Å². The summed E-state index contributed by atoms with van der Waals surface area (Å²) in [6, 6.07) is 20.9. The summed E-state index contributed by atoms with van der Waals surface area (Å²) >= 11 is 0. The number of amides is 2. The van der Waals surface area contributed by atoms with E-state index in [-0.39, 0.29) is 6.03 Å². The highest BCUT2D eigenvalue weighted by Crippen LogP contribution is 2.14. The molecular formula is C19H17N3O. The Morgan fingerprint density at radius 1 is 0.739 bits per heavy atom. The Labute approximate surface area is 135 Å². The number of anilines is 2. The van der Waals surface area contributed by atoms with Crippen LogP contribution in [0, 0.1) is 0 Å². The maximum absolute atomic E-state index is 11.9. The Morgan fingerprint density at radius 3 is 1.96 bits per heavy atom. The molecule has 0 radical (unpaired) electrons. The highest BCUT2D eigenvalue weighted by atomic mass is 16.2. The van der Waals surface area contributed by atoms with Crippen molar-refractivity contribution in [2.75, 3.05) is 10.6 Å². The van der Waals surface area contributed by atoms with Crippen molar-refractivity contribution < 1.29 is 4.79 Å². The van der Waals surface area contributed by atoms with Crippen molar-refractivity contribution in [3.63, 3.8) is 0 Å². The van der Waals surface area contributed by atoms with Gasteiger partial charge in [0, 0.05) is 23.8 Å². The number of carbonyl (C=O) groups excluding carboxylic acids is 1. The molecule has 2 amide bonds. The fourth-order valence-electron chi connectivity index (χ4n) is 2.26. The number of pyridine rings is 1. The molecule has 0 aliphatic heterocycles. The van der Waals surface area contributed by atoms with Gasteiger partial charge in [0.1, 0.15) is 0 Å². The number of carbonyl (C=O) groups is 1. The lowest BCUT2D eigenvalue weighted by atomic mass is 10.1. The first-order chi connectivity index (χ1) is 11.3. The number of nitrogens with one attached hydrogen (secondary N) is 2. The Hall–Kier alpha value is -3.14. The number of benzene rings is 2. The Morgan fingerprint density at radius 2 is 1.30 bits per heavy atom. The van der Waals surface area contributed by atoms with Crippen molar-refractivity contribution in [2.45, 2.75) is 6.42 Å². The molecule has 0 fully saturated rings. The molecule has 3 rings (SSSR count). The summed E-state index contributed by atoms with van der Waals surface area (Å²) in [4.78, 5) is 15.9. The molecule has 0 aliphatic rings. The first-order valence-corrected chi connectivity index (χ1v) is 7.40. The van der Waals surface area contributed by atoms with Crippen LogP contribution in [-0.2, 0) is 6.42 Å². The van der Waals surface area contributed by atoms with Crippen LogP contribution in [-0.4, -0.2) is 11.0 Å². The molecule has 0 aliphatic carbocycles. The van der Waals surface area contributed by atoms with E-state index < -0.39 is 0 Å². The van der Waals surface area contributed by atoms with Crippen molar-refractivity contribution in [1.29, 1.82) is 0 Å². The lowest BCUT2D eigenvalue weighted by Gasteiger charge is -2.08. The topological polar surface area (TPSA) is 54.0 Å². The highest BCUT2D eigenvalue weighted by molar-refractivity contribution is 5.99. The molecule has 0 bridgehead atoms. The molecule has 4 heteroatoms. The highest BCUT2D eigenvalue weighted by Gasteiger charge is 2.02. The second kappa shape index (κ2) is 7.22. The monoisotopic (exact) mass is 303 g/mol. The molecule has 0 unspecified atom stereocenters. The number of rotatable bonds is 4. The van der Waals surface area contributed by atoms with Gasteiger partial charge in [-0.05, 0) is 53.9 Å². The summed E-state index contributed by atoms with van der Waals surface area (Å²) in [7, 11) is 0. The molecule has 0 atom stereocenters. The van der Waals surface area contributed by atoms with E-state index in [1.807, 2.05) is 66.7 Å². The summed E-state index contributed by atoms with van der Waals surface area (Å²) < 4.78 is 0. The summed E-state index contributed by atoms with van der Waals surface area (Å²) in [6.45, 7) is 0. The second-order valence-electron chi connectivity index (χ2n) is 5.17. The first-order valence-electron chi connectivity index (χ1n) is 7.40. The molecule has 1 heterocycles. The van der Waals surface area contributed by atoms with Gasteiger partial charge in [0.05, 0.1) is 0 Å². The van der Waals surface area contributed by atoms with E-state index in [0.717, 1.165) is 17.8 Å². The number of nitrogens with zero attached hydrogens (tertiary/aromatic N) is 1. The van der Waals surface area contributed by atoms with Gasteiger partial charge in [0.15, 0.2) is 0 Å². The van der Waals surface area contributed by atoms with Crippen LogP contribution in [0.3, 0.4) is 0 Å². The largest absolute Gasteiger partial charge is 0.323 e. The van der Waals surface area contributed by atoms with Gasteiger partial charge in [-0.25, -0.2) is 4.79 Å². The lowest BCUT2D eigenvalue weighted by molar-refractivity contribution is 0.262. The van der Waals surface area contributed by atoms with E-state index in [4.69, 9.17) is 0 Å². The van der Waals surface area contributed by atoms with Crippen LogP contribution in [0.15, 0.2) is 79.1 Å². The average Bonchev–Trinajstić information content (AvgIpc) is 2.58. The van der Waals surface area contributed by atoms with Crippen LogP contribution >= 0.6 is 0 Å². The maximum atomic E-state index is 11.9. The van der Waals surface area contributed by atoms with Gasteiger partial charge in [-0.2, -0.15) is 0 Å². The van der Waals surface area contributed by atoms with Crippen LogP contribution in [0.2, 0.25) is 0 Å².